The van der Waals surface area contributed by atoms with Crippen LogP contribution in [-0.2, 0) is 0 Å². The third kappa shape index (κ3) is 1.22. The third-order valence-electron chi connectivity index (χ3n) is 3.05. The second-order valence-electron chi connectivity index (χ2n) is 3.75. The third-order valence-corrected chi connectivity index (χ3v) is 4.12. The van der Waals surface area contributed by atoms with Crippen LogP contribution in [0.4, 0.5) is 0 Å². The number of alkyl halides is 1. The number of hydrogen-bond donors (Lipinski definition) is 0. The lowest BCUT2D eigenvalue weighted by Crippen LogP contribution is -2.16. The van der Waals surface area contributed by atoms with E-state index in [0.29, 0.717) is 17.8 Å². The summed E-state index contributed by atoms with van der Waals surface area (Å²) in [6.07, 6.45) is 6.52. The summed E-state index contributed by atoms with van der Waals surface area (Å²) in [5.41, 5.74) is 0. The minimum Gasteiger partial charge on any atom is -0.117 e. The Labute approximate surface area is 83.2 Å². The van der Waals surface area contributed by atoms with Gasteiger partial charge in [0.2, 0.25) is 0 Å². The summed E-state index contributed by atoms with van der Waals surface area (Å²) >= 11 is 12.2. The van der Waals surface area contributed by atoms with Crippen LogP contribution in [0, 0.1) is 17.8 Å². The number of fused-ring (bicyclic) bond motifs is 2. The molecule has 4 unspecified atom stereocenters. The zero-order chi connectivity index (χ0) is 8.72. The van der Waals surface area contributed by atoms with E-state index >= 15 is 0 Å². The van der Waals surface area contributed by atoms with Crippen molar-refractivity contribution in [3.63, 3.8) is 0 Å². The van der Waals surface area contributed by atoms with Gasteiger partial charge in [0.05, 0.1) is 5.38 Å². The molecule has 2 rings (SSSR count). The first-order valence-electron chi connectivity index (χ1n) is 4.36. The van der Waals surface area contributed by atoms with Crippen molar-refractivity contribution in [1.29, 1.82) is 0 Å². The van der Waals surface area contributed by atoms with Gasteiger partial charge in [-0.25, -0.2) is 0 Å². The van der Waals surface area contributed by atoms with Gasteiger partial charge in [0.15, 0.2) is 0 Å². The van der Waals surface area contributed by atoms with E-state index in [4.69, 9.17) is 23.2 Å². The van der Waals surface area contributed by atoms with Gasteiger partial charge in [-0.2, -0.15) is 0 Å². The maximum atomic E-state index is 6.15. The van der Waals surface area contributed by atoms with Crippen LogP contribution >= 0.6 is 23.2 Å². The first-order valence-corrected chi connectivity index (χ1v) is 5.17. The van der Waals surface area contributed by atoms with E-state index in [-0.39, 0.29) is 5.38 Å². The summed E-state index contributed by atoms with van der Waals surface area (Å²) in [7, 11) is 0. The van der Waals surface area contributed by atoms with Gasteiger partial charge in [-0.1, -0.05) is 23.8 Å². The van der Waals surface area contributed by atoms with Crippen molar-refractivity contribution in [2.75, 3.05) is 0 Å². The van der Waals surface area contributed by atoms with Crippen LogP contribution in [0.3, 0.4) is 0 Å². The van der Waals surface area contributed by atoms with Crippen molar-refractivity contribution in [3.8, 4) is 0 Å². The molecule has 2 bridgehead atoms. The highest BCUT2D eigenvalue weighted by atomic mass is 35.5. The molecule has 2 aliphatic rings. The number of hydrogen-bond acceptors (Lipinski definition) is 0. The van der Waals surface area contributed by atoms with Crippen molar-refractivity contribution in [1.82, 2.24) is 0 Å². The van der Waals surface area contributed by atoms with Crippen LogP contribution < -0.4 is 0 Å². The molecule has 0 aromatic carbocycles. The van der Waals surface area contributed by atoms with Crippen molar-refractivity contribution in [2.24, 2.45) is 17.8 Å². The minimum absolute atomic E-state index is 0.0628. The molecule has 0 aliphatic heterocycles. The van der Waals surface area contributed by atoms with Crippen molar-refractivity contribution in [2.45, 2.75) is 18.2 Å². The fourth-order valence-electron chi connectivity index (χ4n) is 2.37. The lowest BCUT2D eigenvalue weighted by Gasteiger charge is -2.21. The minimum atomic E-state index is 0.0628. The molecule has 2 heteroatoms. The normalized spacial score (nSPS) is 45.7. The molecule has 0 N–H and O–H groups in total. The Morgan fingerprint density at radius 3 is 2.92 bits per heavy atom. The quantitative estimate of drug-likeness (QED) is 0.451. The molecule has 0 amide bonds. The Kier molecular flexibility index (Phi) is 2.22. The Hall–Kier alpha value is 0.0600. The van der Waals surface area contributed by atoms with E-state index in [1.807, 2.05) is 6.08 Å². The van der Waals surface area contributed by atoms with Crippen LogP contribution in [0.5, 0.6) is 0 Å². The lowest BCUT2D eigenvalue weighted by molar-refractivity contribution is 0.518. The van der Waals surface area contributed by atoms with Crippen LogP contribution in [0.2, 0.25) is 0 Å². The summed E-state index contributed by atoms with van der Waals surface area (Å²) < 4.78 is 0. The summed E-state index contributed by atoms with van der Waals surface area (Å²) in [5, 5.41) is 0.912. The summed E-state index contributed by atoms with van der Waals surface area (Å²) in [5.74, 6) is 1.79. The summed E-state index contributed by atoms with van der Waals surface area (Å²) in [6, 6.07) is 0. The van der Waals surface area contributed by atoms with E-state index in [1.54, 1.807) is 0 Å². The highest BCUT2D eigenvalue weighted by Crippen LogP contribution is 2.48. The molecule has 0 aromatic heterocycles. The van der Waals surface area contributed by atoms with Gasteiger partial charge in [-0.3, -0.25) is 0 Å². The van der Waals surface area contributed by atoms with Gasteiger partial charge in [-0.05, 0) is 30.6 Å². The molecule has 0 saturated heterocycles. The molecule has 66 valence electrons. The maximum absolute atomic E-state index is 6.15. The van der Waals surface area contributed by atoms with Crippen LogP contribution in [0.1, 0.15) is 12.8 Å². The zero-order valence-electron chi connectivity index (χ0n) is 6.84. The molecule has 1 fully saturated rings. The molecule has 0 spiro atoms. The van der Waals surface area contributed by atoms with Gasteiger partial charge in [0, 0.05) is 5.03 Å². The molecular formula is C10H12Cl2. The van der Waals surface area contributed by atoms with Gasteiger partial charge in [0.25, 0.3) is 0 Å². The number of halogens is 2. The first kappa shape index (κ1) is 8.65. The largest absolute Gasteiger partial charge is 0.117 e. The van der Waals surface area contributed by atoms with Gasteiger partial charge in [0.1, 0.15) is 0 Å². The van der Waals surface area contributed by atoms with Crippen LogP contribution in [-0.4, -0.2) is 5.38 Å². The van der Waals surface area contributed by atoms with Crippen molar-refractivity contribution >= 4 is 23.2 Å². The second kappa shape index (κ2) is 3.08. The summed E-state index contributed by atoms with van der Waals surface area (Å²) in [4.78, 5) is 0. The monoisotopic (exact) mass is 202 g/mol. The molecule has 0 radical (unpaired) electrons. The highest BCUT2D eigenvalue weighted by molar-refractivity contribution is 6.37. The van der Waals surface area contributed by atoms with Gasteiger partial charge < -0.3 is 0 Å². The van der Waals surface area contributed by atoms with Crippen molar-refractivity contribution < 1.29 is 0 Å². The van der Waals surface area contributed by atoms with Crippen LogP contribution in [0.15, 0.2) is 23.8 Å². The standard InChI is InChI=1S/C10H12Cl2/c1-2-6-3-8-4-7(6)5-9(11)10(8)12/h2,5-8,10H,1,3-4H2. The van der Waals surface area contributed by atoms with E-state index in [0.717, 1.165) is 11.5 Å². The molecule has 0 nitrogen and oxygen atoms in total. The van der Waals surface area contributed by atoms with Gasteiger partial charge >= 0.3 is 0 Å². The molecule has 2 aliphatic carbocycles. The molecule has 0 heterocycles. The second-order valence-corrected chi connectivity index (χ2v) is 4.65. The Morgan fingerprint density at radius 1 is 1.50 bits per heavy atom. The Morgan fingerprint density at radius 2 is 2.25 bits per heavy atom. The number of allylic oxidation sites excluding steroid dienone is 3. The first-order chi connectivity index (χ1) is 5.72. The lowest BCUT2D eigenvalue weighted by atomic mass is 9.93. The molecule has 12 heavy (non-hydrogen) atoms. The van der Waals surface area contributed by atoms with E-state index < -0.39 is 0 Å². The van der Waals surface area contributed by atoms with E-state index in [2.05, 4.69) is 12.7 Å². The molecule has 1 saturated carbocycles. The van der Waals surface area contributed by atoms with Crippen LogP contribution in [0.25, 0.3) is 0 Å². The maximum Gasteiger partial charge on any atom is 0.0717 e. The predicted molar refractivity (Wildman–Crippen MR) is 53.5 cm³/mol. The molecule has 0 aromatic rings. The topological polar surface area (TPSA) is 0 Å². The van der Waals surface area contributed by atoms with E-state index in [1.165, 1.54) is 6.42 Å². The average molecular weight is 203 g/mol. The SMILES string of the molecule is C=CC1CC2CC1C=C(Cl)C2Cl. The zero-order valence-corrected chi connectivity index (χ0v) is 8.35. The smallest absolute Gasteiger partial charge is 0.0717 e. The average Bonchev–Trinajstić information content (AvgIpc) is 2.41. The van der Waals surface area contributed by atoms with E-state index in [9.17, 15) is 0 Å². The number of rotatable bonds is 1. The fourth-order valence-corrected chi connectivity index (χ4v) is 2.99. The Bertz CT molecular complexity index is 232. The Balaban J connectivity index is 2.25. The predicted octanol–water partition coefficient (Wildman–Crippen LogP) is 3.56. The molecule has 4 atom stereocenters. The van der Waals surface area contributed by atoms with Crippen molar-refractivity contribution in [3.05, 3.63) is 23.8 Å². The fraction of sp³-hybridized carbons (Fsp3) is 0.600. The molecular weight excluding hydrogens is 191 g/mol. The van der Waals surface area contributed by atoms with Gasteiger partial charge in [-0.15, -0.1) is 18.2 Å². The summed E-state index contributed by atoms with van der Waals surface area (Å²) in [6.45, 7) is 3.84. The highest BCUT2D eigenvalue weighted by Gasteiger charge is 2.39.